The number of aromatic nitrogens is 4. The molecule has 0 aliphatic heterocycles. The zero-order valence-electron chi connectivity index (χ0n) is 10.7. The Balaban J connectivity index is 0.000000667. The fourth-order valence-corrected chi connectivity index (χ4v) is 2.24. The smallest absolute Gasteiger partial charge is 0.104 e. The van der Waals surface area contributed by atoms with Crippen LogP contribution in [0.5, 0.6) is 0 Å². The van der Waals surface area contributed by atoms with Crippen molar-refractivity contribution in [1.29, 1.82) is 0 Å². The zero-order valence-corrected chi connectivity index (χ0v) is 16.0. The average molecular weight is 515 g/mol. The second-order valence-electron chi connectivity index (χ2n) is 3.89. The number of hydrogen-bond donors (Lipinski definition) is 0. The number of tetrazole rings is 1. The summed E-state index contributed by atoms with van der Waals surface area (Å²) >= 11 is 0. The Kier molecular flexibility index (Phi) is 5.90. The van der Waals surface area contributed by atoms with Gasteiger partial charge in [-0.3, -0.25) is 0 Å². The van der Waals surface area contributed by atoms with Crippen molar-refractivity contribution in [2.45, 2.75) is 0 Å². The molecule has 100 valence electrons. The number of para-hydroxylation sites is 1. The molecule has 0 bridgehead atoms. The minimum atomic E-state index is 0. The monoisotopic (exact) mass is 516 g/mol. The van der Waals surface area contributed by atoms with Crippen molar-refractivity contribution in [3.8, 4) is 0 Å². The minimum absolute atomic E-state index is 0. The van der Waals surface area contributed by atoms with Gasteiger partial charge in [0.1, 0.15) is 5.65 Å². The first-order valence-corrected chi connectivity index (χ1v) is 5.34. The molecule has 2 heterocycles. The summed E-state index contributed by atoms with van der Waals surface area (Å²) in [4.78, 5) is 0. The Morgan fingerprint density at radius 2 is 1.75 bits per heavy atom. The van der Waals surface area contributed by atoms with Crippen molar-refractivity contribution >= 4 is 27.3 Å². The van der Waals surface area contributed by atoms with Gasteiger partial charge in [0.05, 0.1) is 5.52 Å². The fraction of sp³-hybridized carbons (Fsp3) is 0. The number of nitrogens with zero attached hydrogens (tertiary/aromatic N) is 4. The van der Waals surface area contributed by atoms with E-state index in [1.54, 1.807) is 4.52 Å². The first-order valence-electron chi connectivity index (χ1n) is 5.34. The molecule has 20 heavy (non-hydrogen) atoms. The largest absolute Gasteiger partial charge is 0.358 e. The number of hydrogen-bond acceptors (Lipinski definition) is 3. The molecular weight excluding hydrogens is 505 g/mol. The van der Waals surface area contributed by atoms with Crippen molar-refractivity contribution in [3.63, 3.8) is 0 Å². The van der Waals surface area contributed by atoms with E-state index in [4.69, 9.17) is 0 Å². The molecular formula is C14H10IrN4Y-2. The third-order valence-electron chi connectivity index (χ3n) is 2.97. The molecule has 0 saturated heterocycles. The molecule has 0 amide bonds. The van der Waals surface area contributed by atoms with Crippen LogP contribution in [0.1, 0.15) is 0 Å². The number of pyridine rings is 1. The molecule has 0 unspecified atom stereocenters. The van der Waals surface area contributed by atoms with Crippen LogP contribution in [0, 0.1) is 13.5 Å². The van der Waals surface area contributed by atoms with Crippen molar-refractivity contribution in [1.82, 2.24) is 20.0 Å². The number of rotatable bonds is 0. The summed E-state index contributed by atoms with van der Waals surface area (Å²) < 4.78 is 1.76. The van der Waals surface area contributed by atoms with E-state index in [2.05, 4.69) is 33.7 Å². The Morgan fingerprint density at radius 1 is 1.00 bits per heavy atom. The Bertz CT molecular complexity index is 790. The standard InChI is InChI=1S/C13H7N4.CH3.Ir.Y/c1-2-7-11-9(5-1)10-6-3-4-8-12(10)17-13(11)14-15-16-17;;;/h1-6,8H;1H3;;/q2*-1;;. The summed E-state index contributed by atoms with van der Waals surface area (Å²) in [5.41, 5.74) is 1.76. The summed E-state index contributed by atoms with van der Waals surface area (Å²) in [6.07, 6.45) is 0. The number of fused-ring (bicyclic) bond motifs is 6. The van der Waals surface area contributed by atoms with E-state index < -0.39 is 0 Å². The van der Waals surface area contributed by atoms with Gasteiger partial charge in [-0.15, -0.1) is 24.3 Å². The predicted molar refractivity (Wildman–Crippen MR) is 71.0 cm³/mol. The van der Waals surface area contributed by atoms with E-state index in [-0.39, 0.29) is 60.2 Å². The maximum Gasteiger partial charge on any atom is 0.104 e. The van der Waals surface area contributed by atoms with E-state index in [0.29, 0.717) is 0 Å². The molecule has 4 nitrogen and oxygen atoms in total. The molecule has 2 radical (unpaired) electrons. The van der Waals surface area contributed by atoms with Gasteiger partial charge in [-0.1, -0.05) is 29.0 Å². The van der Waals surface area contributed by atoms with Crippen molar-refractivity contribution in [2.75, 3.05) is 0 Å². The molecule has 6 heteroatoms. The molecule has 0 saturated carbocycles. The van der Waals surface area contributed by atoms with Crippen molar-refractivity contribution in [3.05, 3.63) is 56.0 Å². The van der Waals surface area contributed by atoms with Crippen LogP contribution >= 0.6 is 0 Å². The molecule has 2 aromatic carbocycles. The second kappa shape index (κ2) is 6.81. The molecule has 0 spiro atoms. The van der Waals surface area contributed by atoms with Gasteiger partial charge in [-0.2, -0.15) is 5.10 Å². The Morgan fingerprint density at radius 3 is 2.60 bits per heavy atom. The number of benzene rings is 2. The normalized spacial score (nSPS) is 9.80. The summed E-state index contributed by atoms with van der Waals surface area (Å²) in [6, 6.07) is 17.2. The van der Waals surface area contributed by atoms with Crippen LogP contribution in [0.25, 0.3) is 27.3 Å². The SMILES string of the molecule is [CH3-].[Ir].[Y].[c-]1cccc2c1c1nnnn1c1ccccc21. The molecule has 2 aromatic heterocycles. The van der Waals surface area contributed by atoms with Gasteiger partial charge in [0.25, 0.3) is 0 Å². The molecule has 0 aliphatic carbocycles. The molecule has 0 aliphatic rings. The van der Waals surface area contributed by atoms with Crippen LogP contribution in [0.4, 0.5) is 0 Å². The predicted octanol–water partition coefficient (Wildman–Crippen LogP) is 2.68. The maximum absolute atomic E-state index is 4.07. The Hall–Kier alpha value is -0.737. The molecule has 4 rings (SSSR count). The fourth-order valence-electron chi connectivity index (χ4n) is 2.24. The van der Waals surface area contributed by atoms with Crippen LogP contribution in [0.15, 0.2) is 42.5 Å². The first-order chi connectivity index (χ1) is 8.45. The van der Waals surface area contributed by atoms with Crippen LogP contribution < -0.4 is 0 Å². The van der Waals surface area contributed by atoms with Gasteiger partial charge in [0, 0.05) is 52.8 Å². The van der Waals surface area contributed by atoms with Crippen LogP contribution in [-0.4, -0.2) is 20.0 Å². The zero-order chi connectivity index (χ0) is 11.2. The van der Waals surface area contributed by atoms with Crippen molar-refractivity contribution in [2.24, 2.45) is 0 Å². The molecule has 0 fully saturated rings. The first kappa shape index (κ1) is 17.3. The summed E-state index contributed by atoms with van der Waals surface area (Å²) in [5.74, 6) is 0. The van der Waals surface area contributed by atoms with Gasteiger partial charge in [-0.05, 0) is 21.9 Å². The molecule has 0 N–H and O–H groups in total. The minimum Gasteiger partial charge on any atom is -0.358 e. The van der Waals surface area contributed by atoms with E-state index in [0.717, 1.165) is 27.3 Å². The summed E-state index contributed by atoms with van der Waals surface area (Å²) in [6.45, 7) is 0. The third-order valence-corrected chi connectivity index (χ3v) is 2.97. The Labute approximate surface area is 155 Å². The summed E-state index contributed by atoms with van der Waals surface area (Å²) in [5, 5.41) is 15.1. The topological polar surface area (TPSA) is 43.1 Å². The average Bonchev–Trinajstić information content (AvgIpc) is 2.89. The van der Waals surface area contributed by atoms with Crippen LogP contribution in [-0.2, 0) is 52.8 Å². The van der Waals surface area contributed by atoms with E-state index in [1.165, 1.54) is 0 Å². The maximum atomic E-state index is 4.07. The van der Waals surface area contributed by atoms with Gasteiger partial charge < -0.3 is 7.43 Å². The second-order valence-corrected chi connectivity index (χ2v) is 3.89. The summed E-state index contributed by atoms with van der Waals surface area (Å²) in [7, 11) is 0. The third kappa shape index (κ3) is 2.44. The quantitative estimate of drug-likeness (QED) is 0.267. The van der Waals surface area contributed by atoms with Crippen molar-refractivity contribution < 1.29 is 52.8 Å². The van der Waals surface area contributed by atoms with E-state index in [9.17, 15) is 0 Å². The van der Waals surface area contributed by atoms with Gasteiger partial charge in [-0.25, -0.2) is 4.52 Å². The van der Waals surface area contributed by atoms with Crippen LogP contribution in [0.2, 0.25) is 0 Å². The van der Waals surface area contributed by atoms with E-state index >= 15 is 0 Å². The van der Waals surface area contributed by atoms with Gasteiger partial charge >= 0.3 is 0 Å². The molecule has 0 atom stereocenters. The van der Waals surface area contributed by atoms with Gasteiger partial charge in [0.2, 0.25) is 0 Å². The van der Waals surface area contributed by atoms with Gasteiger partial charge in [0.15, 0.2) is 0 Å². The van der Waals surface area contributed by atoms with E-state index in [1.807, 2.05) is 30.3 Å². The van der Waals surface area contributed by atoms with Crippen LogP contribution in [0.3, 0.4) is 0 Å². The molecule has 4 aromatic rings.